The van der Waals surface area contributed by atoms with Gasteiger partial charge < -0.3 is 5.11 Å². The number of hydrogen-bond donors (Lipinski definition) is 1. The van der Waals surface area contributed by atoms with E-state index in [0.717, 1.165) is 37.0 Å². The van der Waals surface area contributed by atoms with Crippen molar-refractivity contribution in [3.05, 3.63) is 0 Å². The molecular weight excluding hydrogens is 208 g/mol. The van der Waals surface area contributed by atoms with E-state index in [1.807, 2.05) is 0 Å². The van der Waals surface area contributed by atoms with Gasteiger partial charge in [-0.25, -0.2) is 0 Å². The van der Waals surface area contributed by atoms with Gasteiger partial charge in [0.25, 0.3) is 0 Å². The van der Waals surface area contributed by atoms with Crippen LogP contribution in [-0.4, -0.2) is 11.2 Å². The van der Waals surface area contributed by atoms with Crippen molar-refractivity contribution >= 4 is 0 Å². The topological polar surface area (TPSA) is 20.2 Å². The maximum atomic E-state index is 9.90. The molecule has 1 rings (SSSR count). The summed E-state index contributed by atoms with van der Waals surface area (Å²) in [6.07, 6.45) is 6.96. The number of hydrogen-bond acceptors (Lipinski definition) is 1. The summed E-state index contributed by atoms with van der Waals surface area (Å²) in [4.78, 5) is 0. The summed E-state index contributed by atoms with van der Waals surface area (Å²) in [6.45, 7) is 11.8. The van der Waals surface area contributed by atoms with Crippen LogP contribution in [0, 0.1) is 23.2 Å². The molecule has 1 aliphatic rings. The van der Waals surface area contributed by atoms with Crippen LogP contribution < -0.4 is 0 Å². The molecule has 0 heterocycles. The molecule has 0 aromatic carbocycles. The lowest BCUT2D eigenvalue weighted by atomic mass is 9.58. The van der Waals surface area contributed by atoms with E-state index in [1.165, 1.54) is 19.3 Å². The minimum absolute atomic E-state index is 0.0692. The summed E-state index contributed by atoms with van der Waals surface area (Å²) in [6, 6.07) is 0. The Morgan fingerprint density at radius 1 is 1.18 bits per heavy atom. The van der Waals surface area contributed by atoms with Crippen LogP contribution in [0.3, 0.4) is 0 Å². The molecule has 1 N–H and O–H groups in total. The second kappa shape index (κ2) is 6.22. The molecule has 0 aliphatic heterocycles. The average Bonchev–Trinajstić information content (AvgIpc) is 2.24. The van der Waals surface area contributed by atoms with Gasteiger partial charge in [0.2, 0.25) is 0 Å². The van der Waals surface area contributed by atoms with Crippen LogP contribution in [0.5, 0.6) is 0 Å². The van der Waals surface area contributed by atoms with Gasteiger partial charge in [-0.2, -0.15) is 0 Å². The molecule has 102 valence electrons. The highest BCUT2D eigenvalue weighted by Gasteiger charge is 2.41. The SMILES string of the molecule is CCC[C@H](O)CC[C@@H]1[C@@H](C)CC[C@@H](C)C1(C)C. The lowest BCUT2D eigenvalue weighted by Crippen LogP contribution is -2.39. The highest BCUT2D eigenvalue weighted by Crippen LogP contribution is 2.49. The molecule has 4 atom stereocenters. The monoisotopic (exact) mass is 240 g/mol. The highest BCUT2D eigenvalue weighted by molar-refractivity contribution is 4.90. The Kier molecular flexibility index (Phi) is 5.50. The molecule has 0 aromatic heterocycles. The molecular formula is C16H32O. The fourth-order valence-electron chi connectivity index (χ4n) is 3.69. The lowest BCUT2D eigenvalue weighted by molar-refractivity contribution is 0.0117. The lowest BCUT2D eigenvalue weighted by Gasteiger charge is -2.48. The van der Waals surface area contributed by atoms with Gasteiger partial charge in [0.05, 0.1) is 6.10 Å². The Hall–Kier alpha value is -0.0400. The van der Waals surface area contributed by atoms with Crippen molar-refractivity contribution in [3.63, 3.8) is 0 Å². The second-order valence-electron chi connectivity index (χ2n) is 6.90. The predicted molar refractivity (Wildman–Crippen MR) is 75.0 cm³/mol. The van der Waals surface area contributed by atoms with Gasteiger partial charge in [-0.1, -0.05) is 47.5 Å². The Balaban J connectivity index is 2.53. The van der Waals surface area contributed by atoms with Crippen molar-refractivity contribution in [1.29, 1.82) is 0 Å². The Morgan fingerprint density at radius 3 is 2.41 bits per heavy atom. The van der Waals surface area contributed by atoms with Crippen molar-refractivity contribution in [2.24, 2.45) is 23.2 Å². The first-order valence-electron chi connectivity index (χ1n) is 7.57. The second-order valence-corrected chi connectivity index (χ2v) is 6.90. The molecule has 0 radical (unpaired) electrons. The van der Waals surface area contributed by atoms with E-state index in [2.05, 4.69) is 34.6 Å². The summed E-state index contributed by atoms with van der Waals surface area (Å²) >= 11 is 0. The van der Waals surface area contributed by atoms with E-state index < -0.39 is 0 Å². The minimum atomic E-state index is -0.0692. The summed E-state index contributed by atoms with van der Waals surface area (Å²) in [5.41, 5.74) is 0.448. The van der Waals surface area contributed by atoms with E-state index in [9.17, 15) is 5.11 Å². The normalized spacial score (nSPS) is 34.6. The predicted octanol–water partition coefficient (Wildman–Crippen LogP) is 4.64. The third-order valence-corrected chi connectivity index (χ3v) is 5.40. The number of aliphatic hydroxyl groups excluding tert-OH is 1. The molecule has 1 aliphatic carbocycles. The molecule has 1 fully saturated rings. The van der Waals surface area contributed by atoms with Crippen LogP contribution in [0.25, 0.3) is 0 Å². The summed E-state index contributed by atoms with van der Waals surface area (Å²) in [5, 5.41) is 9.90. The van der Waals surface area contributed by atoms with Crippen molar-refractivity contribution in [1.82, 2.24) is 0 Å². The zero-order valence-electron chi connectivity index (χ0n) is 12.5. The van der Waals surface area contributed by atoms with Crippen LogP contribution in [0.4, 0.5) is 0 Å². The summed E-state index contributed by atoms with van der Waals surface area (Å²) in [7, 11) is 0. The summed E-state index contributed by atoms with van der Waals surface area (Å²) < 4.78 is 0. The van der Waals surface area contributed by atoms with Gasteiger partial charge in [-0.15, -0.1) is 0 Å². The number of aliphatic hydroxyl groups is 1. The molecule has 0 bridgehead atoms. The number of rotatable bonds is 5. The van der Waals surface area contributed by atoms with E-state index in [0.29, 0.717) is 5.41 Å². The Labute approximate surface area is 108 Å². The average molecular weight is 240 g/mol. The van der Waals surface area contributed by atoms with Gasteiger partial charge >= 0.3 is 0 Å². The fraction of sp³-hybridized carbons (Fsp3) is 1.00. The van der Waals surface area contributed by atoms with E-state index in [-0.39, 0.29) is 6.10 Å². The van der Waals surface area contributed by atoms with Crippen molar-refractivity contribution in [3.8, 4) is 0 Å². The van der Waals surface area contributed by atoms with E-state index >= 15 is 0 Å². The highest BCUT2D eigenvalue weighted by atomic mass is 16.3. The quantitative estimate of drug-likeness (QED) is 0.742. The molecule has 17 heavy (non-hydrogen) atoms. The molecule has 0 saturated heterocycles. The minimum Gasteiger partial charge on any atom is -0.393 e. The standard InChI is InChI=1S/C16H32O/c1-6-7-14(17)10-11-15-12(2)8-9-13(3)16(15,4)5/h12-15,17H,6-11H2,1-5H3/t12-,13+,14-,15+/m0/s1. The fourth-order valence-corrected chi connectivity index (χ4v) is 3.69. The van der Waals surface area contributed by atoms with Gasteiger partial charge in [0, 0.05) is 0 Å². The molecule has 0 unspecified atom stereocenters. The van der Waals surface area contributed by atoms with Crippen molar-refractivity contribution in [2.75, 3.05) is 0 Å². The van der Waals surface area contributed by atoms with E-state index in [1.54, 1.807) is 0 Å². The Morgan fingerprint density at radius 2 is 1.82 bits per heavy atom. The molecule has 1 saturated carbocycles. The van der Waals surface area contributed by atoms with Gasteiger partial charge in [0.15, 0.2) is 0 Å². The van der Waals surface area contributed by atoms with E-state index in [4.69, 9.17) is 0 Å². The largest absolute Gasteiger partial charge is 0.393 e. The van der Waals surface area contributed by atoms with Crippen LogP contribution in [0.1, 0.15) is 73.1 Å². The maximum absolute atomic E-state index is 9.90. The third-order valence-electron chi connectivity index (χ3n) is 5.40. The molecule has 0 amide bonds. The van der Waals surface area contributed by atoms with Gasteiger partial charge in [-0.05, 0) is 48.9 Å². The maximum Gasteiger partial charge on any atom is 0.0540 e. The molecule has 0 aromatic rings. The zero-order valence-corrected chi connectivity index (χ0v) is 12.5. The zero-order chi connectivity index (χ0) is 13.1. The third kappa shape index (κ3) is 3.71. The summed E-state index contributed by atoms with van der Waals surface area (Å²) in [5.74, 6) is 2.44. The van der Waals surface area contributed by atoms with Crippen LogP contribution in [0.2, 0.25) is 0 Å². The van der Waals surface area contributed by atoms with Crippen molar-refractivity contribution in [2.45, 2.75) is 79.2 Å². The molecule has 0 spiro atoms. The smallest absolute Gasteiger partial charge is 0.0540 e. The van der Waals surface area contributed by atoms with Crippen LogP contribution >= 0.6 is 0 Å². The van der Waals surface area contributed by atoms with Gasteiger partial charge in [-0.3, -0.25) is 0 Å². The van der Waals surface area contributed by atoms with Crippen LogP contribution in [-0.2, 0) is 0 Å². The molecule has 1 heteroatoms. The van der Waals surface area contributed by atoms with Crippen molar-refractivity contribution < 1.29 is 5.11 Å². The van der Waals surface area contributed by atoms with Gasteiger partial charge in [0.1, 0.15) is 0 Å². The first-order chi connectivity index (χ1) is 7.89. The van der Waals surface area contributed by atoms with Crippen LogP contribution in [0.15, 0.2) is 0 Å². The first kappa shape index (κ1) is 15.0. The first-order valence-corrected chi connectivity index (χ1v) is 7.57. The Bertz CT molecular complexity index is 222. The molecule has 1 nitrogen and oxygen atoms in total.